The predicted molar refractivity (Wildman–Crippen MR) is 113 cm³/mol. The smallest absolute Gasteiger partial charge is 0.308 e. The molecule has 1 aromatic rings. The van der Waals surface area contributed by atoms with Gasteiger partial charge in [-0.15, -0.1) is 0 Å². The highest BCUT2D eigenvalue weighted by atomic mass is 16.4. The van der Waals surface area contributed by atoms with E-state index in [9.17, 15) is 14.7 Å². The zero-order valence-electron chi connectivity index (χ0n) is 17.2. The number of hydrogen-bond acceptors (Lipinski definition) is 2. The third-order valence-corrected chi connectivity index (χ3v) is 5.54. The number of aliphatic carboxylic acids is 1. The average Bonchev–Trinajstić information content (AvgIpc) is 2.69. The van der Waals surface area contributed by atoms with Crippen LogP contribution in [0, 0.1) is 5.92 Å². The molecule has 28 heavy (non-hydrogen) atoms. The number of benzene rings is 1. The number of carbonyl (C=O) groups is 2. The Morgan fingerprint density at radius 3 is 2.46 bits per heavy atom. The first-order chi connectivity index (χ1) is 13.6. The topological polar surface area (TPSA) is 66.4 Å². The van der Waals surface area contributed by atoms with Crippen LogP contribution in [0.2, 0.25) is 0 Å². The number of rotatable bonds is 14. The second-order valence-electron chi connectivity index (χ2n) is 7.83. The molecule has 1 aromatic carbocycles. The van der Waals surface area contributed by atoms with E-state index in [1.54, 1.807) is 6.07 Å². The van der Waals surface area contributed by atoms with Crippen LogP contribution in [0.25, 0.3) is 0 Å². The molecule has 0 aromatic heterocycles. The largest absolute Gasteiger partial charge is 0.481 e. The van der Waals surface area contributed by atoms with Gasteiger partial charge in [-0.25, -0.2) is 0 Å². The van der Waals surface area contributed by atoms with E-state index in [0.717, 1.165) is 24.8 Å². The lowest BCUT2D eigenvalue weighted by Crippen LogP contribution is -2.39. The summed E-state index contributed by atoms with van der Waals surface area (Å²) >= 11 is 0. The van der Waals surface area contributed by atoms with Crippen molar-refractivity contribution in [2.75, 3.05) is 0 Å². The number of carboxylic acids is 1. The summed E-state index contributed by atoms with van der Waals surface area (Å²) in [5, 5.41) is 12.5. The summed E-state index contributed by atoms with van der Waals surface area (Å²) < 4.78 is 0. The zero-order chi connectivity index (χ0) is 20.2. The molecule has 0 fully saturated rings. The van der Waals surface area contributed by atoms with Crippen LogP contribution < -0.4 is 5.32 Å². The summed E-state index contributed by atoms with van der Waals surface area (Å²) in [5.74, 6) is -1.61. The molecule has 0 saturated carbocycles. The highest BCUT2D eigenvalue weighted by molar-refractivity contribution is 5.96. The molecule has 154 valence electrons. The maximum absolute atomic E-state index is 12.1. The molecule has 0 aliphatic carbocycles. The van der Waals surface area contributed by atoms with E-state index in [1.165, 1.54) is 44.9 Å². The highest BCUT2D eigenvalue weighted by Gasteiger charge is 2.33. The minimum absolute atomic E-state index is 0.182. The van der Waals surface area contributed by atoms with Crippen LogP contribution in [0.4, 0.5) is 0 Å². The molecule has 2 bridgehead atoms. The zero-order valence-corrected chi connectivity index (χ0v) is 17.2. The minimum atomic E-state index is -0.843. The van der Waals surface area contributed by atoms with Crippen molar-refractivity contribution in [1.29, 1.82) is 0 Å². The molecule has 4 heteroatoms. The van der Waals surface area contributed by atoms with Crippen LogP contribution in [0.1, 0.15) is 99.5 Å². The van der Waals surface area contributed by atoms with E-state index in [1.807, 2.05) is 18.2 Å². The van der Waals surface area contributed by atoms with Crippen molar-refractivity contribution < 1.29 is 14.7 Å². The first-order valence-corrected chi connectivity index (χ1v) is 10.9. The third-order valence-electron chi connectivity index (χ3n) is 5.54. The number of carbonyl (C=O) groups excluding carboxylic acids is 1. The quantitative estimate of drug-likeness (QED) is 0.303. The lowest BCUT2D eigenvalue weighted by Gasteiger charge is -2.29. The first-order valence-electron chi connectivity index (χ1n) is 10.9. The van der Waals surface area contributed by atoms with Crippen molar-refractivity contribution in [2.45, 2.75) is 83.6 Å². The summed E-state index contributed by atoms with van der Waals surface area (Å²) in [4.78, 5) is 23.8. The molecular formula is C24H35NO3. The van der Waals surface area contributed by atoms with Gasteiger partial charge >= 0.3 is 5.97 Å². The second kappa shape index (κ2) is 12.4. The van der Waals surface area contributed by atoms with Gasteiger partial charge in [0.1, 0.15) is 0 Å². The number of amides is 1. The maximum Gasteiger partial charge on any atom is 0.308 e. The van der Waals surface area contributed by atoms with Gasteiger partial charge < -0.3 is 10.4 Å². The van der Waals surface area contributed by atoms with E-state index in [0.29, 0.717) is 12.0 Å². The Bertz CT molecular complexity index is 653. The standard InChI is InChI=1S/C24H35NO3/c1-2-3-4-5-6-7-8-9-10-11-12-13-17-21(24(27)28)22-19-15-14-16-20(18-19)23(26)25-22/h10-11,14-16,18,21-22H,2-9,12-13,17H2,1H3,(H,25,26)(H,27,28). The van der Waals surface area contributed by atoms with Crippen LogP contribution >= 0.6 is 0 Å². The molecule has 2 N–H and O–H groups in total. The van der Waals surface area contributed by atoms with Gasteiger partial charge in [0, 0.05) is 5.56 Å². The molecule has 1 aliphatic heterocycles. The van der Waals surface area contributed by atoms with E-state index in [-0.39, 0.29) is 5.91 Å². The Morgan fingerprint density at radius 2 is 1.75 bits per heavy atom. The van der Waals surface area contributed by atoms with Crippen LogP contribution in [0.3, 0.4) is 0 Å². The molecule has 1 aliphatic rings. The van der Waals surface area contributed by atoms with Gasteiger partial charge in [-0.3, -0.25) is 9.59 Å². The van der Waals surface area contributed by atoms with E-state index in [4.69, 9.17) is 0 Å². The summed E-state index contributed by atoms with van der Waals surface area (Å²) in [5.41, 5.74) is 1.49. The predicted octanol–water partition coefficient (Wildman–Crippen LogP) is 6.04. The highest BCUT2D eigenvalue weighted by Crippen LogP contribution is 2.30. The normalized spacial score (nSPS) is 16.9. The Kier molecular flexibility index (Phi) is 9.81. The monoisotopic (exact) mass is 385 g/mol. The van der Waals surface area contributed by atoms with Gasteiger partial charge in [0.25, 0.3) is 5.91 Å². The first kappa shape index (κ1) is 22.2. The number of nitrogens with one attached hydrogen (secondary N) is 1. The summed E-state index contributed by atoms with van der Waals surface area (Å²) in [6.07, 6.45) is 17.0. The van der Waals surface area contributed by atoms with Crippen LogP contribution in [-0.4, -0.2) is 17.0 Å². The number of hydrogen-bond donors (Lipinski definition) is 2. The van der Waals surface area contributed by atoms with Gasteiger partial charge in [0.15, 0.2) is 0 Å². The maximum atomic E-state index is 12.1. The molecule has 1 heterocycles. The van der Waals surface area contributed by atoms with Crippen molar-refractivity contribution in [1.82, 2.24) is 5.32 Å². The number of allylic oxidation sites excluding steroid dienone is 2. The second-order valence-corrected chi connectivity index (χ2v) is 7.83. The summed E-state index contributed by atoms with van der Waals surface area (Å²) in [6, 6.07) is 6.84. The molecule has 2 atom stereocenters. The molecule has 1 amide bonds. The van der Waals surface area contributed by atoms with Crippen LogP contribution in [0.15, 0.2) is 36.4 Å². The minimum Gasteiger partial charge on any atom is -0.481 e. The fraction of sp³-hybridized carbons (Fsp3) is 0.583. The third kappa shape index (κ3) is 7.14. The van der Waals surface area contributed by atoms with Crippen molar-refractivity contribution in [3.05, 3.63) is 47.5 Å². The van der Waals surface area contributed by atoms with E-state index >= 15 is 0 Å². The average molecular weight is 386 g/mol. The molecule has 0 spiro atoms. The van der Waals surface area contributed by atoms with Gasteiger partial charge in [0.2, 0.25) is 0 Å². The van der Waals surface area contributed by atoms with Crippen LogP contribution in [0.5, 0.6) is 0 Å². The Balaban J connectivity index is 1.66. The van der Waals surface area contributed by atoms with Gasteiger partial charge in [-0.05, 0) is 49.8 Å². The lowest BCUT2D eigenvalue weighted by molar-refractivity contribution is -0.143. The van der Waals surface area contributed by atoms with E-state index in [2.05, 4.69) is 24.4 Å². The SMILES string of the molecule is CCCCCCCCCC=CCCCC(C(=O)O)C1NC(=O)c2cccc1c2. The molecular weight excluding hydrogens is 350 g/mol. The molecule has 0 saturated heterocycles. The fourth-order valence-corrected chi connectivity index (χ4v) is 3.86. The number of unbranched alkanes of at least 4 members (excludes halogenated alkanes) is 8. The van der Waals surface area contributed by atoms with Crippen molar-refractivity contribution >= 4 is 11.9 Å². The van der Waals surface area contributed by atoms with Crippen LogP contribution in [-0.2, 0) is 4.79 Å². The van der Waals surface area contributed by atoms with Crippen molar-refractivity contribution in [3.8, 4) is 0 Å². The number of carboxylic acid groups (broad SMARTS) is 1. The summed E-state index contributed by atoms with van der Waals surface area (Å²) in [6.45, 7) is 2.24. The van der Waals surface area contributed by atoms with Crippen molar-refractivity contribution in [2.24, 2.45) is 5.92 Å². The molecule has 2 unspecified atom stereocenters. The Morgan fingerprint density at radius 1 is 1.07 bits per heavy atom. The Labute approximate surface area is 169 Å². The lowest BCUT2D eigenvalue weighted by atomic mass is 9.86. The van der Waals surface area contributed by atoms with Gasteiger partial charge in [-0.2, -0.15) is 0 Å². The molecule has 4 nitrogen and oxygen atoms in total. The Hall–Kier alpha value is -2.10. The van der Waals surface area contributed by atoms with E-state index < -0.39 is 17.9 Å². The van der Waals surface area contributed by atoms with Crippen molar-refractivity contribution in [3.63, 3.8) is 0 Å². The summed E-state index contributed by atoms with van der Waals surface area (Å²) in [7, 11) is 0. The van der Waals surface area contributed by atoms with Gasteiger partial charge in [0.05, 0.1) is 12.0 Å². The molecule has 0 radical (unpaired) electrons. The fourth-order valence-electron chi connectivity index (χ4n) is 3.86. The molecule has 2 rings (SSSR count). The van der Waals surface area contributed by atoms with Gasteiger partial charge in [-0.1, -0.05) is 69.7 Å². The number of fused-ring (bicyclic) bond motifs is 2.